The molecule has 0 bridgehead atoms. The summed E-state index contributed by atoms with van der Waals surface area (Å²) < 4.78 is 28.6. The lowest BCUT2D eigenvalue weighted by atomic mass is 10.3. The van der Waals surface area contributed by atoms with Gasteiger partial charge in [-0.1, -0.05) is 0 Å². The van der Waals surface area contributed by atoms with Crippen LogP contribution in [0.2, 0.25) is 0 Å². The predicted octanol–water partition coefficient (Wildman–Crippen LogP) is 0.336. The number of rotatable bonds is 4. The molecular formula is C10H15N3O3S. The number of nitrogens with zero attached hydrogens (tertiary/aromatic N) is 2. The summed E-state index contributed by atoms with van der Waals surface area (Å²) in [6.45, 7) is 0. The second-order valence-electron chi connectivity index (χ2n) is 4.24. The summed E-state index contributed by atoms with van der Waals surface area (Å²) in [4.78, 5) is 5.57. The smallest absolute Gasteiger partial charge is 0.243 e. The third-order valence-corrected chi connectivity index (χ3v) is 3.35. The van der Waals surface area contributed by atoms with Gasteiger partial charge in [-0.25, -0.2) is 13.6 Å². The highest BCUT2D eigenvalue weighted by molar-refractivity contribution is 7.89. The lowest BCUT2D eigenvalue weighted by Crippen LogP contribution is -2.18. The number of anilines is 1. The van der Waals surface area contributed by atoms with Gasteiger partial charge in [0, 0.05) is 14.1 Å². The topological polar surface area (TPSA) is 85.5 Å². The van der Waals surface area contributed by atoms with E-state index in [2.05, 4.69) is 4.98 Å². The maximum atomic E-state index is 11.5. The molecule has 0 radical (unpaired) electrons. The van der Waals surface area contributed by atoms with Gasteiger partial charge in [-0.3, -0.25) is 4.98 Å². The first-order valence-corrected chi connectivity index (χ1v) is 6.79. The Bertz CT molecular complexity index is 524. The van der Waals surface area contributed by atoms with Crippen molar-refractivity contribution in [2.45, 2.75) is 23.8 Å². The van der Waals surface area contributed by atoms with Crippen molar-refractivity contribution in [3.05, 3.63) is 12.4 Å². The number of hydrogen-bond donors (Lipinski definition) is 1. The van der Waals surface area contributed by atoms with Crippen LogP contribution < -0.4 is 14.8 Å². The molecule has 1 aliphatic rings. The van der Waals surface area contributed by atoms with Gasteiger partial charge in [0.15, 0.2) is 5.75 Å². The summed E-state index contributed by atoms with van der Waals surface area (Å²) >= 11 is 0. The summed E-state index contributed by atoms with van der Waals surface area (Å²) in [5.41, 5.74) is 0.614. The molecule has 2 N–H and O–H groups in total. The van der Waals surface area contributed by atoms with Gasteiger partial charge in [0.05, 0.1) is 24.2 Å². The summed E-state index contributed by atoms with van der Waals surface area (Å²) in [6, 6.07) is 0. The molecule has 1 fully saturated rings. The van der Waals surface area contributed by atoms with E-state index in [9.17, 15) is 8.42 Å². The lowest BCUT2D eigenvalue weighted by molar-refractivity contribution is 0.295. The second-order valence-corrected chi connectivity index (χ2v) is 5.77. The SMILES string of the molecule is CN(C)c1cncc(S(N)(=O)=O)c1OC1CC1. The molecule has 94 valence electrons. The van der Waals surface area contributed by atoms with Crippen molar-refractivity contribution in [2.75, 3.05) is 19.0 Å². The number of sulfonamides is 1. The first-order chi connectivity index (χ1) is 7.89. The maximum Gasteiger partial charge on any atom is 0.243 e. The van der Waals surface area contributed by atoms with E-state index in [0.717, 1.165) is 12.8 Å². The Balaban J connectivity index is 2.53. The first-order valence-electron chi connectivity index (χ1n) is 5.24. The summed E-state index contributed by atoms with van der Waals surface area (Å²) in [5, 5.41) is 5.16. The predicted molar refractivity (Wildman–Crippen MR) is 63.6 cm³/mol. The maximum absolute atomic E-state index is 11.5. The van der Waals surface area contributed by atoms with Gasteiger partial charge in [-0.2, -0.15) is 0 Å². The molecule has 17 heavy (non-hydrogen) atoms. The third-order valence-electron chi connectivity index (χ3n) is 2.44. The van der Waals surface area contributed by atoms with Crippen molar-refractivity contribution in [3.63, 3.8) is 0 Å². The van der Waals surface area contributed by atoms with Crippen molar-refractivity contribution in [3.8, 4) is 5.75 Å². The van der Waals surface area contributed by atoms with Crippen molar-refractivity contribution in [2.24, 2.45) is 5.14 Å². The van der Waals surface area contributed by atoms with E-state index in [1.54, 1.807) is 25.2 Å². The van der Waals surface area contributed by atoms with Crippen LogP contribution in [-0.4, -0.2) is 33.6 Å². The largest absolute Gasteiger partial charge is 0.487 e. The van der Waals surface area contributed by atoms with Crippen LogP contribution in [0.1, 0.15) is 12.8 Å². The minimum atomic E-state index is -3.82. The molecule has 1 aromatic heterocycles. The number of pyridine rings is 1. The molecule has 0 aromatic carbocycles. The van der Waals surface area contributed by atoms with Gasteiger partial charge >= 0.3 is 0 Å². The molecule has 6 nitrogen and oxygen atoms in total. The zero-order valence-corrected chi connectivity index (χ0v) is 10.6. The van der Waals surface area contributed by atoms with Crippen molar-refractivity contribution in [1.29, 1.82) is 0 Å². The van der Waals surface area contributed by atoms with Gasteiger partial charge in [0.25, 0.3) is 0 Å². The molecule has 2 rings (SSSR count). The number of primary sulfonamides is 1. The summed E-state index contributed by atoms with van der Waals surface area (Å²) in [5.74, 6) is 0.301. The van der Waals surface area contributed by atoms with Gasteiger partial charge < -0.3 is 9.64 Å². The number of ether oxygens (including phenoxy) is 1. The van der Waals surface area contributed by atoms with Crippen LogP contribution in [-0.2, 0) is 10.0 Å². The average Bonchev–Trinajstić information content (AvgIpc) is 3.00. The molecular weight excluding hydrogens is 242 g/mol. The summed E-state index contributed by atoms with van der Waals surface area (Å²) in [7, 11) is -0.231. The monoisotopic (exact) mass is 257 g/mol. The van der Waals surface area contributed by atoms with E-state index < -0.39 is 10.0 Å². The van der Waals surface area contributed by atoms with Gasteiger partial charge in [0.1, 0.15) is 4.90 Å². The standard InChI is InChI=1S/C10H15N3O3S/c1-13(2)8-5-12-6-9(17(11,14)15)10(8)16-7-3-4-7/h5-7H,3-4H2,1-2H3,(H2,11,14,15). The van der Waals surface area contributed by atoms with Crippen LogP contribution >= 0.6 is 0 Å². The molecule has 0 aliphatic heterocycles. The van der Waals surface area contributed by atoms with Crippen LogP contribution in [0.5, 0.6) is 5.75 Å². The fourth-order valence-corrected chi connectivity index (χ4v) is 2.03. The van der Waals surface area contributed by atoms with Crippen LogP contribution in [0.15, 0.2) is 17.3 Å². The molecule has 0 spiro atoms. The molecule has 1 heterocycles. The van der Waals surface area contributed by atoms with Crippen molar-refractivity contribution in [1.82, 2.24) is 4.98 Å². The zero-order chi connectivity index (χ0) is 12.6. The van der Waals surface area contributed by atoms with Gasteiger partial charge in [-0.15, -0.1) is 0 Å². The number of aromatic nitrogens is 1. The minimum absolute atomic E-state index is 0.0596. The molecule has 1 aliphatic carbocycles. The van der Waals surface area contributed by atoms with Gasteiger partial charge in [0.2, 0.25) is 10.0 Å². The fraction of sp³-hybridized carbons (Fsp3) is 0.500. The Hall–Kier alpha value is -1.34. The van der Waals surface area contributed by atoms with E-state index >= 15 is 0 Å². The Labute approximate surface area is 100 Å². The van der Waals surface area contributed by atoms with Crippen LogP contribution in [0.25, 0.3) is 0 Å². The lowest BCUT2D eigenvalue weighted by Gasteiger charge is -2.19. The molecule has 7 heteroatoms. The Kier molecular flexibility index (Phi) is 2.96. The van der Waals surface area contributed by atoms with Crippen LogP contribution in [0.4, 0.5) is 5.69 Å². The van der Waals surface area contributed by atoms with Crippen molar-refractivity contribution >= 4 is 15.7 Å². The highest BCUT2D eigenvalue weighted by atomic mass is 32.2. The Morgan fingerprint density at radius 2 is 2.06 bits per heavy atom. The second kappa shape index (κ2) is 4.15. The molecule has 1 saturated carbocycles. The fourth-order valence-electron chi connectivity index (χ4n) is 1.41. The molecule has 0 amide bonds. The molecule has 1 aromatic rings. The zero-order valence-electron chi connectivity index (χ0n) is 9.75. The first kappa shape index (κ1) is 12.1. The van der Waals surface area contributed by atoms with Gasteiger partial charge in [-0.05, 0) is 12.8 Å². The van der Waals surface area contributed by atoms with Crippen LogP contribution in [0.3, 0.4) is 0 Å². The molecule has 0 unspecified atom stereocenters. The van der Waals surface area contributed by atoms with E-state index in [0.29, 0.717) is 11.4 Å². The quantitative estimate of drug-likeness (QED) is 0.840. The third kappa shape index (κ3) is 2.67. The summed E-state index contributed by atoms with van der Waals surface area (Å²) in [6.07, 6.45) is 4.77. The Morgan fingerprint density at radius 3 is 2.53 bits per heavy atom. The van der Waals surface area contributed by atoms with Crippen molar-refractivity contribution < 1.29 is 13.2 Å². The Morgan fingerprint density at radius 1 is 1.41 bits per heavy atom. The minimum Gasteiger partial charge on any atom is -0.487 e. The highest BCUT2D eigenvalue weighted by Gasteiger charge is 2.29. The van der Waals surface area contributed by atoms with Crippen LogP contribution in [0, 0.1) is 0 Å². The number of nitrogens with two attached hydrogens (primary N) is 1. The van der Waals surface area contributed by atoms with E-state index in [1.165, 1.54) is 6.20 Å². The van der Waals surface area contributed by atoms with E-state index in [-0.39, 0.29) is 11.0 Å². The highest BCUT2D eigenvalue weighted by Crippen LogP contribution is 2.37. The molecule has 0 atom stereocenters. The normalized spacial score (nSPS) is 15.7. The number of hydrogen-bond acceptors (Lipinski definition) is 5. The van der Waals surface area contributed by atoms with E-state index in [1.807, 2.05) is 0 Å². The average molecular weight is 257 g/mol. The van der Waals surface area contributed by atoms with E-state index in [4.69, 9.17) is 9.88 Å². The molecule has 0 saturated heterocycles.